The molecule has 0 aromatic rings. The van der Waals surface area contributed by atoms with Gasteiger partial charge in [0.1, 0.15) is 0 Å². The highest BCUT2D eigenvalue weighted by Gasteiger charge is 2.77. The van der Waals surface area contributed by atoms with Crippen molar-refractivity contribution in [2.75, 3.05) is 0 Å². The van der Waals surface area contributed by atoms with Crippen molar-refractivity contribution in [3.63, 3.8) is 0 Å². The maximum absolute atomic E-state index is 12.5. The van der Waals surface area contributed by atoms with E-state index in [1.165, 1.54) is 0 Å². The summed E-state index contributed by atoms with van der Waals surface area (Å²) in [6.07, 6.45) is -15.8. The largest absolute Gasteiger partial charge is 0.439 e. The predicted molar refractivity (Wildman–Crippen MR) is 28.7 cm³/mol. The minimum absolute atomic E-state index is 2.20. The van der Waals surface area contributed by atoms with Gasteiger partial charge in [-0.15, -0.1) is 4.90 Å². The monoisotopic (exact) mass is 263 g/mol. The van der Waals surface area contributed by atoms with Gasteiger partial charge in [0, 0.05) is 0 Å². The van der Waals surface area contributed by atoms with Crippen LogP contribution in [0, 0.1) is 0 Å². The Hall–Kier alpha value is -0.710. The van der Waals surface area contributed by atoms with Gasteiger partial charge in [-0.3, -0.25) is 0 Å². The van der Waals surface area contributed by atoms with E-state index in [0.717, 1.165) is 0 Å². The van der Waals surface area contributed by atoms with E-state index in [0.29, 0.717) is 0 Å². The Morgan fingerprint density at radius 3 is 1.81 bits per heavy atom. The molecular formula is C5H2F9NO. The number of rotatable bonds is 1. The van der Waals surface area contributed by atoms with Crippen molar-refractivity contribution in [1.82, 2.24) is 4.90 Å². The third-order valence-corrected chi connectivity index (χ3v) is 1.67. The quantitative estimate of drug-likeness (QED) is 0.532. The molecule has 1 atom stereocenters. The van der Waals surface area contributed by atoms with Crippen LogP contribution >= 0.6 is 0 Å². The summed E-state index contributed by atoms with van der Waals surface area (Å²) in [6, 6.07) is -5.89. The third-order valence-electron chi connectivity index (χ3n) is 1.67. The molecule has 2 nitrogen and oxygen atoms in total. The van der Waals surface area contributed by atoms with Gasteiger partial charge in [-0.2, -0.15) is 35.1 Å². The van der Waals surface area contributed by atoms with Gasteiger partial charge in [0.05, 0.1) is 0 Å². The molecule has 96 valence electrons. The van der Waals surface area contributed by atoms with E-state index < -0.39 is 36.0 Å². The van der Waals surface area contributed by atoms with Gasteiger partial charge in [0.2, 0.25) is 0 Å². The first-order valence-corrected chi connectivity index (χ1v) is 3.48. The van der Waals surface area contributed by atoms with Crippen molar-refractivity contribution in [2.45, 2.75) is 31.1 Å². The molecule has 11 heteroatoms. The standard InChI is InChI=1S/C5H2F9NO/c6-1-3(9,10)16-5(13,14)4(11,12)15(1)2(7)8/h1-2H. The van der Waals surface area contributed by atoms with Crippen LogP contribution in [0.15, 0.2) is 0 Å². The first-order valence-electron chi connectivity index (χ1n) is 3.48. The molecule has 1 aliphatic rings. The Bertz CT molecular complexity index is 279. The molecule has 0 radical (unpaired) electrons. The fourth-order valence-electron chi connectivity index (χ4n) is 0.957. The number of morpholine rings is 1. The summed E-state index contributed by atoms with van der Waals surface area (Å²) in [5.41, 5.74) is 0. The number of hydrogen-bond donors (Lipinski definition) is 0. The van der Waals surface area contributed by atoms with Gasteiger partial charge >= 0.3 is 24.8 Å². The van der Waals surface area contributed by atoms with Gasteiger partial charge in [-0.05, 0) is 0 Å². The van der Waals surface area contributed by atoms with Crippen LogP contribution in [0.1, 0.15) is 0 Å². The van der Waals surface area contributed by atoms with Crippen LogP contribution in [-0.4, -0.2) is 36.0 Å². The van der Waals surface area contributed by atoms with E-state index in [4.69, 9.17) is 0 Å². The van der Waals surface area contributed by atoms with Crippen LogP contribution in [0.25, 0.3) is 0 Å². The average molecular weight is 263 g/mol. The summed E-state index contributed by atoms with van der Waals surface area (Å²) >= 11 is 0. The van der Waals surface area contributed by atoms with Crippen molar-refractivity contribution in [3.8, 4) is 0 Å². The van der Waals surface area contributed by atoms with E-state index >= 15 is 0 Å². The first-order chi connectivity index (χ1) is 6.93. The molecule has 0 amide bonds. The molecule has 0 N–H and O–H groups in total. The van der Waals surface area contributed by atoms with Crippen LogP contribution in [-0.2, 0) is 4.74 Å². The highest BCUT2D eigenvalue weighted by molar-refractivity contribution is 4.89. The lowest BCUT2D eigenvalue weighted by atomic mass is 10.3. The Morgan fingerprint density at radius 1 is 1.00 bits per heavy atom. The molecule has 0 saturated carbocycles. The molecule has 16 heavy (non-hydrogen) atoms. The van der Waals surface area contributed by atoms with Crippen molar-refractivity contribution in [3.05, 3.63) is 0 Å². The molecule has 1 rings (SSSR count). The van der Waals surface area contributed by atoms with E-state index in [1.54, 1.807) is 0 Å². The smallest absolute Gasteiger partial charge is 0.246 e. The lowest BCUT2D eigenvalue weighted by Gasteiger charge is -2.43. The summed E-state index contributed by atoms with van der Waals surface area (Å²) in [4.78, 5) is -2.24. The highest BCUT2D eigenvalue weighted by Crippen LogP contribution is 2.51. The Balaban J connectivity index is 3.21. The van der Waals surface area contributed by atoms with Crippen LogP contribution < -0.4 is 0 Å². The topological polar surface area (TPSA) is 12.5 Å². The predicted octanol–water partition coefficient (Wildman–Crippen LogP) is 2.62. The Morgan fingerprint density at radius 2 is 1.44 bits per heavy atom. The summed E-state index contributed by atoms with van der Waals surface area (Å²) in [7, 11) is 0. The van der Waals surface area contributed by atoms with Crippen LogP contribution in [0.5, 0.6) is 0 Å². The van der Waals surface area contributed by atoms with Crippen LogP contribution in [0.2, 0.25) is 0 Å². The van der Waals surface area contributed by atoms with Crippen molar-refractivity contribution >= 4 is 0 Å². The summed E-state index contributed by atoms with van der Waals surface area (Å²) in [5.74, 6) is 0. The first kappa shape index (κ1) is 13.4. The minimum atomic E-state index is -5.94. The minimum Gasteiger partial charge on any atom is -0.246 e. The number of hydrogen-bond acceptors (Lipinski definition) is 2. The Kier molecular flexibility index (Phi) is 2.83. The summed E-state index contributed by atoms with van der Waals surface area (Å²) in [6.45, 7) is -4.55. The molecule has 1 heterocycles. The zero-order valence-corrected chi connectivity index (χ0v) is 6.91. The van der Waals surface area contributed by atoms with Crippen molar-refractivity contribution in [1.29, 1.82) is 0 Å². The molecule has 1 unspecified atom stereocenters. The molecule has 1 aliphatic heterocycles. The van der Waals surface area contributed by atoms with Crippen molar-refractivity contribution in [2.24, 2.45) is 0 Å². The van der Waals surface area contributed by atoms with Gasteiger partial charge in [-0.1, -0.05) is 0 Å². The second-order valence-corrected chi connectivity index (χ2v) is 2.74. The van der Waals surface area contributed by atoms with E-state index in [9.17, 15) is 39.5 Å². The van der Waals surface area contributed by atoms with E-state index in [-0.39, 0.29) is 0 Å². The van der Waals surface area contributed by atoms with Crippen LogP contribution in [0.4, 0.5) is 39.5 Å². The average Bonchev–Trinajstić information content (AvgIpc) is 1.98. The van der Waals surface area contributed by atoms with E-state index in [2.05, 4.69) is 4.74 Å². The van der Waals surface area contributed by atoms with E-state index in [1.807, 2.05) is 0 Å². The lowest BCUT2D eigenvalue weighted by molar-refractivity contribution is -0.531. The molecule has 0 spiro atoms. The number of halogens is 9. The molecule has 0 aromatic carbocycles. The molecule has 0 aliphatic carbocycles. The van der Waals surface area contributed by atoms with Gasteiger partial charge in [0.15, 0.2) is 0 Å². The number of ether oxygens (including phenoxy) is 1. The maximum Gasteiger partial charge on any atom is 0.439 e. The molecule has 1 saturated heterocycles. The van der Waals surface area contributed by atoms with Gasteiger partial charge < -0.3 is 0 Å². The molecular weight excluding hydrogens is 261 g/mol. The van der Waals surface area contributed by atoms with Gasteiger partial charge in [0.25, 0.3) is 6.30 Å². The zero-order valence-electron chi connectivity index (χ0n) is 6.91. The second kappa shape index (κ2) is 3.39. The molecule has 0 aromatic heterocycles. The fraction of sp³-hybridized carbons (Fsp3) is 1.00. The maximum atomic E-state index is 12.5. The van der Waals surface area contributed by atoms with Gasteiger partial charge in [-0.25, -0.2) is 9.13 Å². The number of nitrogens with zero attached hydrogens (tertiary/aromatic N) is 1. The summed E-state index contributed by atoms with van der Waals surface area (Å²) < 4.78 is 112. The fourth-order valence-corrected chi connectivity index (χ4v) is 0.957. The molecule has 0 bridgehead atoms. The third kappa shape index (κ3) is 1.71. The SMILES string of the molecule is FC(F)N1C(F)C(F)(F)OC(F)(F)C1(F)F. The lowest BCUT2D eigenvalue weighted by Crippen LogP contribution is -2.70. The second-order valence-electron chi connectivity index (χ2n) is 2.74. The number of alkyl halides is 9. The highest BCUT2D eigenvalue weighted by atomic mass is 19.3. The van der Waals surface area contributed by atoms with Crippen molar-refractivity contribution < 1.29 is 44.3 Å². The van der Waals surface area contributed by atoms with Crippen LogP contribution in [0.3, 0.4) is 0 Å². The normalized spacial score (nSPS) is 33.0. The zero-order chi connectivity index (χ0) is 12.9. The summed E-state index contributed by atoms with van der Waals surface area (Å²) in [5, 5.41) is 0. The Labute approximate surface area is 81.6 Å². The molecule has 1 fully saturated rings.